The van der Waals surface area contributed by atoms with Crippen LogP contribution in [0.2, 0.25) is 0 Å². The van der Waals surface area contributed by atoms with Crippen molar-refractivity contribution in [3.05, 3.63) is 52.3 Å². The first-order valence-electron chi connectivity index (χ1n) is 12.9. The molecule has 8 nitrogen and oxygen atoms in total. The summed E-state index contributed by atoms with van der Waals surface area (Å²) >= 11 is 0. The van der Waals surface area contributed by atoms with Gasteiger partial charge in [-0.2, -0.15) is 0 Å². The van der Waals surface area contributed by atoms with Crippen molar-refractivity contribution < 1.29 is 19.1 Å². The van der Waals surface area contributed by atoms with Crippen LogP contribution in [0.3, 0.4) is 0 Å². The average molecular weight is 495 g/mol. The Hall–Kier alpha value is -3.29. The second kappa shape index (κ2) is 10.8. The summed E-state index contributed by atoms with van der Waals surface area (Å²) in [6, 6.07) is 8.80. The Bertz CT molecular complexity index is 1130. The molecule has 0 spiro atoms. The van der Waals surface area contributed by atoms with Gasteiger partial charge < -0.3 is 24.4 Å². The number of ether oxygens (including phenoxy) is 1. The van der Waals surface area contributed by atoms with Gasteiger partial charge in [-0.15, -0.1) is 0 Å². The number of amides is 2. The Kier molecular flexibility index (Phi) is 7.71. The van der Waals surface area contributed by atoms with Crippen molar-refractivity contribution in [3.63, 3.8) is 0 Å². The van der Waals surface area contributed by atoms with Crippen molar-refractivity contribution in [3.8, 4) is 0 Å². The maximum Gasteiger partial charge on any atom is 0.339 e. The van der Waals surface area contributed by atoms with Crippen LogP contribution in [0.25, 0.3) is 0 Å². The molecule has 0 radical (unpaired) electrons. The van der Waals surface area contributed by atoms with E-state index in [2.05, 4.69) is 48.0 Å². The minimum Gasteiger partial charge on any atom is -0.465 e. The molecule has 1 N–H and O–H groups in total. The molecule has 0 aliphatic carbocycles. The summed E-state index contributed by atoms with van der Waals surface area (Å²) in [5.74, 6) is -0.0407. The smallest absolute Gasteiger partial charge is 0.339 e. The van der Waals surface area contributed by atoms with E-state index in [1.165, 1.54) is 18.4 Å². The number of hydrogen-bond donors (Lipinski definition) is 1. The first-order valence-corrected chi connectivity index (χ1v) is 12.9. The number of nitrogens with one attached hydrogen (secondary N) is 1. The summed E-state index contributed by atoms with van der Waals surface area (Å²) in [5, 5.41) is 0. The number of nitrogens with zero attached hydrogens (tertiary/aromatic N) is 3. The van der Waals surface area contributed by atoms with E-state index in [1.54, 1.807) is 13.8 Å². The second-order valence-corrected chi connectivity index (χ2v) is 10.3. The zero-order valence-corrected chi connectivity index (χ0v) is 22.1. The number of esters is 1. The molecule has 1 aromatic heterocycles. The number of benzene rings is 1. The van der Waals surface area contributed by atoms with E-state index in [0.717, 1.165) is 32.5 Å². The van der Waals surface area contributed by atoms with Crippen molar-refractivity contribution in [2.24, 2.45) is 5.92 Å². The fourth-order valence-electron chi connectivity index (χ4n) is 5.62. The van der Waals surface area contributed by atoms with Gasteiger partial charge in [-0.05, 0) is 69.7 Å². The molecular formula is C28H38N4O4. The third-order valence-corrected chi connectivity index (χ3v) is 7.72. The van der Waals surface area contributed by atoms with E-state index >= 15 is 0 Å². The van der Waals surface area contributed by atoms with Crippen molar-refractivity contribution >= 4 is 23.5 Å². The molecule has 2 amide bonds. The molecule has 1 atom stereocenters. The zero-order valence-electron chi connectivity index (χ0n) is 22.1. The van der Waals surface area contributed by atoms with Crippen LogP contribution in [-0.2, 0) is 9.53 Å². The second-order valence-electron chi connectivity index (χ2n) is 10.3. The van der Waals surface area contributed by atoms with Crippen molar-refractivity contribution in [1.29, 1.82) is 0 Å². The zero-order chi connectivity index (χ0) is 26.0. The number of piperazine rings is 1. The molecule has 2 saturated heterocycles. The lowest BCUT2D eigenvalue weighted by molar-refractivity contribution is -0.133. The number of piperidine rings is 1. The number of methoxy groups -OCH3 is 1. The van der Waals surface area contributed by atoms with Gasteiger partial charge in [0.1, 0.15) is 5.69 Å². The van der Waals surface area contributed by atoms with Gasteiger partial charge in [0.2, 0.25) is 5.91 Å². The van der Waals surface area contributed by atoms with Gasteiger partial charge in [0.15, 0.2) is 0 Å². The fourth-order valence-corrected chi connectivity index (χ4v) is 5.62. The maximum absolute atomic E-state index is 13.1. The molecule has 194 valence electrons. The SMILES string of the molecule is COC(=O)c1c(C)[nH]c(C(=O)N2CCC(CC(=O)N3CCN(c4cccc(C)c4)[C@H](C)C3)CC2)c1C. The first-order chi connectivity index (χ1) is 17.2. The third kappa shape index (κ3) is 5.27. The lowest BCUT2D eigenvalue weighted by Crippen LogP contribution is -2.54. The van der Waals surface area contributed by atoms with Gasteiger partial charge in [0.25, 0.3) is 5.91 Å². The molecule has 0 saturated carbocycles. The third-order valence-electron chi connectivity index (χ3n) is 7.72. The topological polar surface area (TPSA) is 85.9 Å². The van der Waals surface area contributed by atoms with E-state index in [0.29, 0.717) is 42.0 Å². The number of rotatable bonds is 5. The van der Waals surface area contributed by atoms with Crippen LogP contribution in [0.5, 0.6) is 0 Å². The molecule has 2 fully saturated rings. The predicted octanol–water partition coefficient (Wildman–Crippen LogP) is 3.71. The van der Waals surface area contributed by atoms with Gasteiger partial charge in [0.05, 0.1) is 12.7 Å². The number of H-pyrrole nitrogens is 1. The van der Waals surface area contributed by atoms with Gasteiger partial charge in [-0.25, -0.2) is 4.79 Å². The van der Waals surface area contributed by atoms with Crippen LogP contribution in [0.15, 0.2) is 24.3 Å². The highest BCUT2D eigenvalue weighted by Crippen LogP contribution is 2.27. The van der Waals surface area contributed by atoms with Crippen LogP contribution in [0, 0.1) is 26.7 Å². The van der Waals surface area contributed by atoms with Crippen molar-refractivity contribution in [2.45, 2.75) is 53.0 Å². The molecule has 2 aromatic rings. The van der Waals surface area contributed by atoms with Crippen LogP contribution in [0.4, 0.5) is 5.69 Å². The lowest BCUT2D eigenvalue weighted by Gasteiger charge is -2.42. The fraction of sp³-hybridized carbons (Fsp3) is 0.536. The summed E-state index contributed by atoms with van der Waals surface area (Å²) in [6.07, 6.45) is 2.14. The van der Waals surface area contributed by atoms with Crippen LogP contribution in [0.1, 0.15) is 63.9 Å². The highest BCUT2D eigenvalue weighted by molar-refractivity contribution is 6.00. The molecular weight excluding hydrogens is 456 g/mol. The largest absolute Gasteiger partial charge is 0.465 e. The summed E-state index contributed by atoms with van der Waals surface area (Å²) in [5.41, 5.74) is 4.60. The number of carbonyl (C=O) groups is 3. The molecule has 0 bridgehead atoms. The minimum absolute atomic E-state index is 0.100. The number of aromatic amines is 1. The molecule has 8 heteroatoms. The van der Waals surface area contributed by atoms with E-state index in [4.69, 9.17) is 4.74 Å². The molecule has 36 heavy (non-hydrogen) atoms. The molecule has 3 heterocycles. The highest BCUT2D eigenvalue weighted by Gasteiger charge is 2.32. The number of hydrogen-bond acceptors (Lipinski definition) is 5. The monoisotopic (exact) mass is 494 g/mol. The molecule has 2 aliphatic rings. The van der Waals surface area contributed by atoms with Gasteiger partial charge >= 0.3 is 5.97 Å². The summed E-state index contributed by atoms with van der Waals surface area (Å²) in [6.45, 7) is 11.4. The predicted molar refractivity (Wildman–Crippen MR) is 139 cm³/mol. The van der Waals surface area contributed by atoms with Gasteiger partial charge in [-0.1, -0.05) is 12.1 Å². The van der Waals surface area contributed by atoms with Crippen LogP contribution >= 0.6 is 0 Å². The number of likely N-dealkylation sites (tertiary alicyclic amines) is 1. The number of aromatic nitrogens is 1. The van der Waals surface area contributed by atoms with Crippen LogP contribution < -0.4 is 4.90 Å². The molecule has 4 rings (SSSR count). The lowest BCUT2D eigenvalue weighted by atomic mass is 9.92. The first kappa shape index (κ1) is 25.8. The van der Waals surface area contributed by atoms with E-state index < -0.39 is 5.97 Å². The molecule has 1 aromatic carbocycles. The van der Waals surface area contributed by atoms with Crippen LogP contribution in [-0.4, -0.2) is 78.4 Å². The van der Waals surface area contributed by atoms with E-state index in [-0.39, 0.29) is 23.8 Å². The Morgan fingerprint density at radius 1 is 1.03 bits per heavy atom. The maximum atomic E-state index is 13.1. The Balaban J connectivity index is 1.29. The van der Waals surface area contributed by atoms with Crippen molar-refractivity contribution in [2.75, 3.05) is 44.7 Å². The average Bonchev–Trinajstić information content (AvgIpc) is 3.17. The normalized spacial score (nSPS) is 18.9. The summed E-state index contributed by atoms with van der Waals surface area (Å²) < 4.78 is 4.85. The number of carbonyl (C=O) groups excluding carboxylic acids is 3. The number of aryl methyl sites for hydroxylation is 2. The van der Waals surface area contributed by atoms with E-state index in [1.807, 2.05) is 9.80 Å². The Morgan fingerprint density at radius 3 is 2.39 bits per heavy atom. The molecule has 2 aliphatic heterocycles. The summed E-state index contributed by atoms with van der Waals surface area (Å²) in [4.78, 5) is 47.6. The van der Waals surface area contributed by atoms with E-state index in [9.17, 15) is 14.4 Å². The molecule has 0 unspecified atom stereocenters. The van der Waals surface area contributed by atoms with Gasteiger partial charge in [0, 0.05) is 56.6 Å². The standard InChI is InChI=1S/C28H38N4O4/c1-18-7-6-8-23(15-18)32-14-13-31(17-19(32)2)24(33)16-22-9-11-30(12-10-22)27(34)26-20(3)25(21(4)29-26)28(35)36-5/h6-8,15,19,22,29H,9-14,16-17H2,1-5H3/t19-/m1/s1. The summed E-state index contributed by atoms with van der Waals surface area (Å²) in [7, 11) is 1.34. The minimum atomic E-state index is -0.438. The number of anilines is 1. The van der Waals surface area contributed by atoms with Crippen molar-refractivity contribution in [1.82, 2.24) is 14.8 Å². The highest BCUT2D eigenvalue weighted by atomic mass is 16.5. The van der Waals surface area contributed by atoms with Gasteiger partial charge in [-0.3, -0.25) is 9.59 Å². The quantitative estimate of drug-likeness (QED) is 0.641. The Morgan fingerprint density at radius 2 is 1.75 bits per heavy atom. The Labute approximate surface area is 213 Å².